The van der Waals surface area contributed by atoms with Crippen LogP contribution in [0.2, 0.25) is 0 Å². The van der Waals surface area contributed by atoms with Gasteiger partial charge < -0.3 is 10.4 Å². The number of carbonyl (C=O) groups is 1. The van der Waals surface area contributed by atoms with Crippen molar-refractivity contribution in [3.05, 3.63) is 18.0 Å². The lowest BCUT2D eigenvalue weighted by Gasteiger charge is -2.16. The monoisotopic (exact) mass is 303 g/mol. The highest BCUT2D eigenvalue weighted by atomic mass is 16.4. The summed E-state index contributed by atoms with van der Waals surface area (Å²) in [6.45, 7) is 6.18. The van der Waals surface area contributed by atoms with Crippen molar-refractivity contribution in [2.24, 2.45) is 11.8 Å². The van der Waals surface area contributed by atoms with Gasteiger partial charge in [-0.25, -0.2) is 4.79 Å². The number of nitrogens with zero attached hydrogens (tertiary/aromatic N) is 4. The number of hydrogen-bond acceptors (Lipinski definition) is 5. The Bertz CT molecular complexity index is 696. The maximum Gasteiger partial charge on any atom is 0.326 e. The molecule has 7 nitrogen and oxygen atoms in total. The van der Waals surface area contributed by atoms with E-state index in [0.29, 0.717) is 29.7 Å². The molecule has 0 amide bonds. The van der Waals surface area contributed by atoms with E-state index in [1.807, 2.05) is 19.9 Å². The van der Waals surface area contributed by atoms with Crippen LogP contribution in [0.25, 0.3) is 5.65 Å². The van der Waals surface area contributed by atoms with Gasteiger partial charge in [0, 0.05) is 5.92 Å². The van der Waals surface area contributed by atoms with Gasteiger partial charge in [-0.3, -0.25) is 0 Å². The number of hydrogen-bond donors (Lipinski definition) is 2. The molecule has 118 valence electrons. The Morgan fingerprint density at radius 2 is 2.18 bits per heavy atom. The van der Waals surface area contributed by atoms with E-state index < -0.39 is 12.0 Å². The zero-order chi connectivity index (χ0) is 15.9. The van der Waals surface area contributed by atoms with E-state index in [0.717, 1.165) is 12.2 Å². The maximum atomic E-state index is 11.4. The van der Waals surface area contributed by atoms with Crippen LogP contribution in [-0.4, -0.2) is 36.9 Å². The van der Waals surface area contributed by atoms with Crippen LogP contribution >= 0.6 is 0 Å². The largest absolute Gasteiger partial charge is 0.480 e. The molecule has 22 heavy (non-hydrogen) atoms. The van der Waals surface area contributed by atoms with Gasteiger partial charge in [-0.2, -0.15) is 4.52 Å². The number of fused-ring (bicyclic) bond motifs is 1. The predicted octanol–water partition coefficient (Wildman–Crippen LogP) is 2.16. The number of carboxylic acids is 1. The number of aromatic nitrogens is 4. The lowest BCUT2D eigenvalue weighted by atomic mass is 10.0. The second kappa shape index (κ2) is 5.55. The van der Waals surface area contributed by atoms with Crippen molar-refractivity contribution in [3.63, 3.8) is 0 Å². The first kappa shape index (κ1) is 14.7. The Balaban J connectivity index is 1.85. The fraction of sp³-hybridized carbons (Fsp3) is 0.600. The SMILES string of the molecule is CC(C)C[C@@H](Nc1ccc2nnc(C3CC3C)n2n1)C(=O)O. The molecular weight excluding hydrogens is 282 g/mol. The molecule has 1 saturated carbocycles. The highest BCUT2D eigenvalue weighted by molar-refractivity contribution is 5.76. The molecule has 0 bridgehead atoms. The van der Waals surface area contributed by atoms with Crippen LogP contribution in [0.5, 0.6) is 0 Å². The smallest absolute Gasteiger partial charge is 0.326 e. The summed E-state index contributed by atoms with van der Waals surface area (Å²) in [4.78, 5) is 11.4. The molecule has 2 aromatic rings. The molecule has 3 rings (SSSR count). The summed E-state index contributed by atoms with van der Waals surface area (Å²) in [5, 5.41) is 25.1. The van der Waals surface area contributed by atoms with Crippen molar-refractivity contribution in [1.29, 1.82) is 0 Å². The number of nitrogens with one attached hydrogen (secondary N) is 1. The standard InChI is InChI=1S/C15H21N5O2/c1-8(2)6-11(15(21)22)16-12-4-5-13-17-18-14(20(13)19-12)10-7-9(10)3/h4-5,8-11H,6-7H2,1-3H3,(H,16,19)(H,21,22)/t9?,10?,11-/m1/s1. The minimum atomic E-state index is -0.865. The minimum absolute atomic E-state index is 0.287. The van der Waals surface area contributed by atoms with Crippen molar-refractivity contribution >= 4 is 17.4 Å². The van der Waals surface area contributed by atoms with Gasteiger partial charge in [-0.1, -0.05) is 20.8 Å². The topological polar surface area (TPSA) is 92.4 Å². The van der Waals surface area contributed by atoms with E-state index in [2.05, 4.69) is 27.5 Å². The molecule has 7 heteroatoms. The molecule has 0 aliphatic heterocycles. The molecule has 1 aliphatic rings. The Labute approximate surface area is 128 Å². The summed E-state index contributed by atoms with van der Waals surface area (Å²) in [5.74, 6) is 1.84. The highest BCUT2D eigenvalue weighted by Gasteiger charge is 2.38. The summed E-state index contributed by atoms with van der Waals surface area (Å²) in [7, 11) is 0. The molecule has 2 heterocycles. The average Bonchev–Trinajstić information content (AvgIpc) is 3.02. The van der Waals surface area contributed by atoms with Gasteiger partial charge in [0.15, 0.2) is 11.5 Å². The van der Waals surface area contributed by atoms with Gasteiger partial charge in [0.2, 0.25) is 0 Å². The molecule has 2 aromatic heterocycles. The molecule has 0 saturated heterocycles. The summed E-state index contributed by atoms with van der Waals surface area (Å²) < 4.78 is 1.73. The first-order valence-electron chi connectivity index (χ1n) is 7.67. The van der Waals surface area contributed by atoms with Gasteiger partial charge in [0.05, 0.1) is 0 Å². The quantitative estimate of drug-likeness (QED) is 0.849. The molecule has 0 aromatic carbocycles. The van der Waals surface area contributed by atoms with E-state index in [1.54, 1.807) is 10.6 Å². The van der Waals surface area contributed by atoms with Crippen LogP contribution < -0.4 is 5.32 Å². The molecule has 1 aliphatic carbocycles. The van der Waals surface area contributed by atoms with Crippen LogP contribution in [0.4, 0.5) is 5.82 Å². The number of rotatable bonds is 6. The molecule has 0 radical (unpaired) electrons. The predicted molar refractivity (Wildman–Crippen MR) is 81.8 cm³/mol. The third-order valence-electron chi connectivity index (χ3n) is 4.06. The van der Waals surface area contributed by atoms with Crippen molar-refractivity contribution < 1.29 is 9.90 Å². The van der Waals surface area contributed by atoms with Crippen LogP contribution in [0.3, 0.4) is 0 Å². The van der Waals surface area contributed by atoms with Crippen molar-refractivity contribution in [2.75, 3.05) is 5.32 Å². The zero-order valence-corrected chi connectivity index (χ0v) is 13.0. The summed E-state index contributed by atoms with van der Waals surface area (Å²) >= 11 is 0. The van der Waals surface area contributed by atoms with Gasteiger partial charge in [0.1, 0.15) is 11.9 Å². The lowest BCUT2D eigenvalue weighted by molar-refractivity contribution is -0.138. The Kier molecular flexibility index (Phi) is 3.72. The van der Waals surface area contributed by atoms with Crippen LogP contribution in [0.1, 0.15) is 45.4 Å². The van der Waals surface area contributed by atoms with E-state index in [9.17, 15) is 9.90 Å². The lowest BCUT2D eigenvalue weighted by Crippen LogP contribution is -2.31. The van der Waals surface area contributed by atoms with Crippen molar-refractivity contribution in [1.82, 2.24) is 19.8 Å². The third kappa shape index (κ3) is 2.88. The summed E-state index contributed by atoms with van der Waals surface area (Å²) in [5.41, 5.74) is 0.690. The highest BCUT2D eigenvalue weighted by Crippen LogP contribution is 2.45. The molecular formula is C15H21N5O2. The normalized spacial score (nSPS) is 22.0. The first-order valence-corrected chi connectivity index (χ1v) is 7.67. The first-order chi connectivity index (χ1) is 10.5. The second-order valence-electron chi connectivity index (χ2n) is 6.53. The average molecular weight is 303 g/mol. The van der Waals surface area contributed by atoms with Crippen LogP contribution in [0.15, 0.2) is 12.1 Å². The number of carboxylic acid groups (broad SMARTS) is 1. The zero-order valence-electron chi connectivity index (χ0n) is 13.0. The molecule has 1 fully saturated rings. The molecule has 3 atom stereocenters. The van der Waals surface area contributed by atoms with E-state index in [4.69, 9.17) is 0 Å². The molecule has 2 unspecified atom stereocenters. The van der Waals surface area contributed by atoms with Gasteiger partial charge in [0.25, 0.3) is 0 Å². The summed E-state index contributed by atoms with van der Waals surface area (Å²) in [6, 6.07) is 2.91. The van der Waals surface area contributed by atoms with Crippen LogP contribution in [0, 0.1) is 11.8 Å². The van der Waals surface area contributed by atoms with E-state index in [-0.39, 0.29) is 5.92 Å². The third-order valence-corrected chi connectivity index (χ3v) is 4.06. The van der Waals surface area contributed by atoms with E-state index >= 15 is 0 Å². The van der Waals surface area contributed by atoms with Gasteiger partial charge in [-0.15, -0.1) is 15.3 Å². The Morgan fingerprint density at radius 3 is 2.77 bits per heavy atom. The van der Waals surface area contributed by atoms with Gasteiger partial charge >= 0.3 is 5.97 Å². The van der Waals surface area contributed by atoms with Crippen LogP contribution in [-0.2, 0) is 4.79 Å². The van der Waals surface area contributed by atoms with Crippen molar-refractivity contribution in [3.8, 4) is 0 Å². The minimum Gasteiger partial charge on any atom is -0.480 e. The fourth-order valence-corrected chi connectivity index (χ4v) is 2.67. The fourth-order valence-electron chi connectivity index (χ4n) is 2.67. The van der Waals surface area contributed by atoms with E-state index in [1.165, 1.54) is 0 Å². The number of anilines is 1. The summed E-state index contributed by atoms with van der Waals surface area (Å²) in [6.07, 6.45) is 1.65. The Morgan fingerprint density at radius 1 is 1.45 bits per heavy atom. The number of aliphatic carboxylic acids is 1. The molecule has 2 N–H and O–H groups in total. The maximum absolute atomic E-state index is 11.4. The second-order valence-corrected chi connectivity index (χ2v) is 6.53. The molecule has 0 spiro atoms. The van der Waals surface area contributed by atoms with Gasteiger partial charge in [-0.05, 0) is 36.8 Å². The van der Waals surface area contributed by atoms with Crippen molar-refractivity contribution in [2.45, 2.75) is 45.6 Å². The Hall–Kier alpha value is -2.18.